The standard InChI is InChI=1S/C17H18ClNO3S/c1-12-7-13(2)9-16(8-12)19-17(20)11-23(21,22)10-14-3-5-15(18)6-4-14/h3-9H,10-11H2,1-2H3,(H,19,20). The van der Waals surface area contributed by atoms with Crippen molar-refractivity contribution in [2.24, 2.45) is 0 Å². The minimum atomic E-state index is -3.54. The van der Waals surface area contributed by atoms with Crippen LogP contribution >= 0.6 is 11.6 Å². The molecule has 1 amide bonds. The molecule has 0 saturated heterocycles. The average Bonchev–Trinajstić information content (AvgIpc) is 2.39. The van der Waals surface area contributed by atoms with Crippen LogP contribution in [0, 0.1) is 13.8 Å². The number of carbonyl (C=O) groups is 1. The first-order valence-electron chi connectivity index (χ1n) is 7.06. The van der Waals surface area contributed by atoms with Crippen molar-refractivity contribution < 1.29 is 13.2 Å². The minimum absolute atomic E-state index is 0.190. The Hall–Kier alpha value is -1.85. The monoisotopic (exact) mass is 351 g/mol. The summed E-state index contributed by atoms with van der Waals surface area (Å²) in [4.78, 5) is 12.0. The van der Waals surface area contributed by atoms with Crippen molar-refractivity contribution in [3.63, 3.8) is 0 Å². The van der Waals surface area contributed by atoms with Crippen LogP contribution in [0.25, 0.3) is 0 Å². The molecule has 0 aliphatic heterocycles. The van der Waals surface area contributed by atoms with E-state index in [4.69, 9.17) is 11.6 Å². The van der Waals surface area contributed by atoms with Crippen LogP contribution in [0.3, 0.4) is 0 Å². The van der Waals surface area contributed by atoms with Crippen molar-refractivity contribution >= 4 is 33.0 Å². The van der Waals surface area contributed by atoms with Crippen LogP contribution in [0.2, 0.25) is 5.02 Å². The molecule has 0 aliphatic carbocycles. The van der Waals surface area contributed by atoms with Gasteiger partial charge in [-0.25, -0.2) is 8.42 Å². The van der Waals surface area contributed by atoms with Gasteiger partial charge in [-0.2, -0.15) is 0 Å². The second kappa shape index (κ2) is 7.15. The highest BCUT2D eigenvalue weighted by Gasteiger charge is 2.17. The van der Waals surface area contributed by atoms with E-state index >= 15 is 0 Å². The third kappa shape index (κ3) is 5.69. The lowest BCUT2D eigenvalue weighted by Crippen LogP contribution is -2.24. The van der Waals surface area contributed by atoms with E-state index in [-0.39, 0.29) is 5.75 Å². The van der Waals surface area contributed by atoms with Crippen LogP contribution in [-0.2, 0) is 20.4 Å². The SMILES string of the molecule is Cc1cc(C)cc(NC(=O)CS(=O)(=O)Cc2ccc(Cl)cc2)c1. The number of aryl methyl sites for hydroxylation is 2. The molecule has 4 nitrogen and oxygen atoms in total. The van der Waals surface area contributed by atoms with Crippen LogP contribution in [-0.4, -0.2) is 20.1 Å². The van der Waals surface area contributed by atoms with Crippen LogP contribution < -0.4 is 5.32 Å². The molecular formula is C17H18ClNO3S. The molecule has 0 aliphatic rings. The molecule has 0 heterocycles. The maximum Gasteiger partial charge on any atom is 0.239 e. The maximum absolute atomic E-state index is 12.1. The summed E-state index contributed by atoms with van der Waals surface area (Å²) < 4.78 is 24.3. The van der Waals surface area contributed by atoms with Gasteiger partial charge in [-0.15, -0.1) is 0 Å². The highest BCUT2D eigenvalue weighted by Crippen LogP contribution is 2.15. The van der Waals surface area contributed by atoms with Crippen molar-refractivity contribution in [3.8, 4) is 0 Å². The van der Waals surface area contributed by atoms with Gasteiger partial charge >= 0.3 is 0 Å². The molecule has 0 spiro atoms. The number of benzene rings is 2. The average molecular weight is 352 g/mol. The quantitative estimate of drug-likeness (QED) is 0.896. The second-order valence-corrected chi connectivity index (χ2v) is 8.08. The normalized spacial score (nSPS) is 11.3. The lowest BCUT2D eigenvalue weighted by Gasteiger charge is -2.08. The van der Waals surface area contributed by atoms with Gasteiger partial charge in [-0.1, -0.05) is 29.8 Å². The number of anilines is 1. The van der Waals surface area contributed by atoms with Gasteiger partial charge in [-0.3, -0.25) is 4.79 Å². The first kappa shape index (κ1) is 17.5. The predicted octanol–water partition coefficient (Wildman–Crippen LogP) is 3.51. The van der Waals surface area contributed by atoms with Crippen molar-refractivity contribution in [2.75, 3.05) is 11.1 Å². The Labute approximate surface area is 141 Å². The summed E-state index contributed by atoms with van der Waals surface area (Å²) in [5, 5.41) is 3.18. The minimum Gasteiger partial charge on any atom is -0.325 e. The number of rotatable bonds is 5. The first-order chi connectivity index (χ1) is 10.7. The molecule has 0 atom stereocenters. The molecule has 0 saturated carbocycles. The van der Waals surface area contributed by atoms with Gasteiger partial charge in [0.25, 0.3) is 0 Å². The molecule has 2 aromatic carbocycles. The Morgan fingerprint density at radius 1 is 1.04 bits per heavy atom. The van der Waals surface area contributed by atoms with Crippen molar-refractivity contribution in [3.05, 3.63) is 64.2 Å². The maximum atomic E-state index is 12.1. The number of amides is 1. The van der Waals surface area contributed by atoms with Crippen LogP contribution in [0.1, 0.15) is 16.7 Å². The van der Waals surface area contributed by atoms with E-state index in [9.17, 15) is 13.2 Å². The van der Waals surface area contributed by atoms with E-state index in [1.807, 2.05) is 19.9 Å². The van der Waals surface area contributed by atoms with Gasteiger partial charge in [0.15, 0.2) is 9.84 Å². The molecular weight excluding hydrogens is 334 g/mol. The molecule has 0 bridgehead atoms. The number of halogens is 1. The lowest BCUT2D eigenvalue weighted by molar-refractivity contribution is -0.113. The van der Waals surface area contributed by atoms with Gasteiger partial charge in [0.2, 0.25) is 5.91 Å². The van der Waals surface area contributed by atoms with Crippen LogP contribution in [0.4, 0.5) is 5.69 Å². The van der Waals surface area contributed by atoms with Gasteiger partial charge in [0.05, 0.1) is 5.75 Å². The third-order valence-corrected chi connectivity index (χ3v) is 4.88. The Morgan fingerprint density at radius 2 is 1.61 bits per heavy atom. The number of nitrogens with one attached hydrogen (secondary N) is 1. The summed E-state index contributed by atoms with van der Waals surface area (Å²) in [6.45, 7) is 3.83. The molecule has 0 radical (unpaired) electrons. The summed E-state index contributed by atoms with van der Waals surface area (Å²) in [7, 11) is -3.54. The Morgan fingerprint density at radius 3 is 2.17 bits per heavy atom. The summed E-state index contributed by atoms with van der Waals surface area (Å²) in [5.41, 5.74) is 3.22. The molecule has 2 rings (SSSR count). The number of hydrogen-bond donors (Lipinski definition) is 1. The van der Waals surface area contributed by atoms with E-state index < -0.39 is 21.5 Å². The highest BCUT2D eigenvalue weighted by molar-refractivity contribution is 7.91. The van der Waals surface area contributed by atoms with Gasteiger partial charge in [0.1, 0.15) is 5.75 Å². The summed E-state index contributed by atoms with van der Waals surface area (Å²) in [6, 6.07) is 12.1. The van der Waals surface area contributed by atoms with Gasteiger partial charge in [-0.05, 0) is 54.8 Å². The zero-order valence-corrected chi connectivity index (χ0v) is 14.5. The van der Waals surface area contributed by atoms with Gasteiger partial charge in [0, 0.05) is 10.7 Å². The van der Waals surface area contributed by atoms with Crippen molar-refractivity contribution in [1.82, 2.24) is 0 Å². The second-order valence-electron chi connectivity index (χ2n) is 5.58. The summed E-state index contributed by atoms with van der Waals surface area (Å²) in [5.74, 6) is -1.28. The van der Waals surface area contributed by atoms with E-state index in [1.54, 1.807) is 36.4 Å². The first-order valence-corrected chi connectivity index (χ1v) is 9.26. The Kier molecular flexibility index (Phi) is 5.44. The Balaban J connectivity index is 2.01. The molecule has 2 aromatic rings. The van der Waals surface area contributed by atoms with Crippen LogP contribution in [0.15, 0.2) is 42.5 Å². The Bertz CT molecular complexity index is 794. The number of sulfone groups is 1. The zero-order valence-electron chi connectivity index (χ0n) is 13.0. The van der Waals surface area contributed by atoms with E-state index in [0.717, 1.165) is 11.1 Å². The van der Waals surface area contributed by atoms with E-state index in [0.29, 0.717) is 16.3 Å². The fourth-order valence-corrected chi connectivity index (χ4v) is 3.73. The molecule has 0 unspecified atom stereocenters. The zero-order chi connectivity index (χ0) is 17.0. The molecule has 6 heteroatoms. The van der Waals surface area contributed by atoms with Gasteiger partial charge < -0.3 is 5.32 Å². The van der Waals surface area contributed by atoms with E-state index in [2.05, 4.69) is 5.32 Å². The number of carbonyl (C=O) groups excluding carboxylic acids is 1. The van der Waals surface area contributed by atoms with Crippen molar-refractivity contribution in [1.29, 1.82) is 0 Å². The summed E-state index contributed by atoms with van der Waals surface area (Å²) in [6.07, 6.45) is 0. The largest absolute Gasteiger partial charge is 0.325 e. The van der Waals surface area contributed by atoms with Crippen molar-refractivity contribution in [2.45, 2.75) is 19.6 Å². The topological polar surface area (TPSA) is 63.2 Å². The molecule has 23 heavy (non-hydrogen) atoms. The molecule has 122 valence electrons. The molecule has 0 fully saturated rings. The molecule has 1 N–H and O–H groups in total. The highest BCUT2D eigenvalue weighted by atomic mass is 35.5. The fourth-order valence-electron chi connectivity index (χ4n) is 2.33. The number of hydrogen-bond acceptors (Lipinski definition) is 3. The third-order valence-electron chi connectivity index (χ3n) is 3.16. The molecule has 0 aromatic heterocycles. The predicted molar refractivity (Wildman–Crippen MR) is 93.5 cm³/mol. The smallest absolute Gasteiger partial charge is 0.239 e. The lowest BCUT2D eigenvalue weighted by atomic mass is 10.1. The summed E-state index contributed by atoms with van der Waals surface area (Å²) >= 11 is 5.77. The van der Waals surface area contributed by atoms with Crippen LogP contribution in [0.5, 0.6) is 0 Å². The van der Waals surface area contributed by atoms with E-state index in [1.165, 1.54) is 0 Å². The fraction of sp³-hybridized carbons (Fsp3) is 0.235.